The van der Waals surface area contributed by atoms with E-state index in [1.54, 1.807) is 6.92 Å². The van der Waals surface area contributed by atoms with Crippen LogP contribution in [0.2, 0.25) is 0 Å². The first-order valence-corrected chi connectivity index (χ1v) is 22.4. The zero-order chi connectivity index (χ0) is 45.4. The molecule has 1 saturated heterocycles. The lowest BCUT2D eigenvalue weighted by Crippen LogP contribution is -2.56. The van der Waals surface area contributed by atoms with Crippen molar-refractivity contribution in [3.63, 3.8) is 0 Å². The number of aliphatic hydroxyl groups is 1. The minimum Gasteiger partial charge on any atom is -0.391 e. The number of carbonyl (C=O) groups is 9. The van der Waals surface area contributed by atoms with Gasteiger partial charge in [0, 0.05) is 54.8 Å². The first kappa shape index (κ1) is 47.7. The molecule has 10 atom stereocenters. The number of H-pyrrole nitrogens is 1. The van der Waals surface area contributed by atoms with E-state index in [-0.39, 0.29) is 37.5 Å². The molecule has 1 fully saturated rings. The maximum absolute atomic E-state index is 14.7. The van der Waals surface area contributed by atoms with Gasteiger partial charge in [-0.1, -0.05) is 65.7 Å². The highest BCUT2D eigenvalue weighted by atomic mass is 32.2. The number of hydrogen-bond donors (Lipinski definition) is 8. The SMILES string of the molecule is CC[C@H](C)[C@H](C)[C@@H]1NC(=O)C2C[C@@H](O)CN2C(=O)[C@H](CC(N)=O)CC(=O)[C@@H]2CSc3[nH]c4ccccc4c3C[C@H](CC1=O)C(=O)NCC(=O)N[C@@H]([C@@H](C)CC)C(=O)NCC(=O)N2. The van der Waals surface area contributed by atoms with Crippen LogP contribution < -0.4 is 32.3 Å². The Bertz CT molecular complexity index is 2060. The van der Waals surface area contributed by atoms with Gasteiger partial charge < -0.3 is 47.3 Å². The van der Waals surface area contributed by atoms with E-state index in [0.717, 1.165) is 22.0 Å². The van der Waals surface area contributed by atoms with E-state index in [1.807, 2.05) is 52.0 Å². The Labute approximate surface area is 364 Å². The van der Waals surface area contributed by atoms with Gasteiger partial charge in [-0.2, -0.15) is 0 Å². The number of aliphatic hydroxyl groups excluding tert-OH is 1. The Kier molecular flexibility index (Phi) is 16.3. The molecule has 3 aliphatic rings. The summed E-state index contributed by atoms with van der Waals surface area (Å²) in [5.41, 5.74) is 6.91. The Morgan fingerprint density at radius 1 is 0.839 bits per heavy atom. The van der Waals surface area contributed by atoms with E-state index in [1.165, 1.54) is 0 Å². The molecule has 19 heteroatoms. The van der Waals surface area contributed by atoms with Gasteiger partial charge in [0.25, 0.3) is 0 Å². The van der Waals surface area contributed by atoms with Gasteiger partial charge in [-0.3, -0.25) is 43.2 Å². The molecule has 9 N–H and O–H groups in total. The Balaban J connectivity index is 1.69. The number of Topliss-reactive ketones (excluding diaryl/α,β-unsaturated/α-hetero) is 2. The quantitative estimate of drug-likeness (QED) is 0.187. The molecule has 5 rings (SSSR count). The number of nitrogens with one attached hydrogen (secondary N) is 6. The van der Waals surface area contributed by atoms with Crippen molar-refractivity contribution >= 4 is 75.6 Å². The molecule has 0 aliphatic carbocycles. The van der Waals surface area contributed by atoms with Crippen LogP contribution in [-0.4, -0.2) is 124 Å². The lowest BCUT2D eigenvalue weighted by molar-refractivity contribution is -0.145. The highest BCUT2D eigenvalue weighted by molar-refractivity contribution is 7.99. The van der Waals surface area contributed by atoms with Crippen molar-refractivity contribution < 1.29 is 48.3 Å². The van der Waals surface area contributed by atoms with Gasteiger partial charge in [-0.25, -0.2) is 0 Å². The molecule has 2 aromatic rings. The second kappa shape index (κ2) is 21.2. The van der Waals surface area contributed by atoms with Gasteiger partial charge in [-0.05, 0) is 35.8 Å². The molecule has 1 aromatic heterocycles. The van der Waals surface area contributed by atoms with Crippen molar-refractivity contribution in [1.82, 2.24) is 36.5 Å². The summed E-state index contributed by atoms with van der Waals surface area (Å²) in [4.78, 5) is 129. The average molecular weight is 881 g/mol. The summed E-state index contributed by atoms with van der Waals surface area (Å²) in [6, 6.07) is 2.45. The van der Waals surface area contributed by atoms with Crippen molar-refractivity contribution in [3.8, 4) is 0 Å². The van der Waals surface area contributed by atoms with E-state index < -0.39 is 133 Å². The smallest absolute Gasteiger partial charge is 0.243 e. The normalized spacial score (nSPS) is 28.1. The van der Waals surface area contributed by atoms with Crippen molar-refractivity contribution in [1.29, 1.82) is 0 Å². The molecule has 338 valence electrons. The Morgan fingerprint density at radius 2 is 1.52 bits per heavy atom. The summed E-state index contributed by atoms with van der Waals surface area (Å²) in [7, 11) is 0. The van der Waals surface area contributed by atoms with Crippen LogP contribution in [0.1, 0.15) is 78.7 Å². The van der Waals surface area contributed by atoms with Crippen LogP contribution in [0, 0.1) is 29.6 Å². The summed E-state index contributed by atoms with van der Waals surface area (Å²) in [6.07, 6.45) is -1.80. The largest absolute Gasteiger partial charge is 0.391 e. The number of fused-ring (bicyclic) bond motifs is 5. The summed E-state index contributed by atoms with van der Waals surface area (Å²) in [6.45, 7) is 7.82. The number of aromatic amines is 1. The van der Waals surface area contributed by atoms with E-state index in [9.17, 15) is 48.3 Å². The van der Waals surface area contributed by atoms with Crippen molar-refractivity contribution in [2.75, 3.05) is 25.4 Å². The van der Waals surface area contributed by atoms with E-state index in [0.29, 0.717) is 28.9 Å². The third-order valence-corrected chi connectivity index (χ3v) is 13.8. The lowest BCUT2D eigenvalue weighted by atomic mass is 9.81. The molecule has 1 aromatic carbocycles. The first-order chi connectivity index (χ1) is 29.4. The average Bonchev–Trinajstić information content (AvgIpc) is 3.81. The summed E-state index contributed by atoms with van der Waals surface area (Å²) < 4.78 is 0. The monoisotopic (exact) mass is 880 g/mol. The van der Waals surface area contributed by atoms with Gasteiger partial charge in [-0.15, -0.1) is 11.8 Å². The maximum atomic E-state index is 14.7. The minimum absolute atomic E-state index is 0.0232. The number of aromatic nitrogens is 1. The number of carbonyl (C=O) groups excluding carboxylic acids is 9. The van der Waals surface area contributed by atoms with Crippen LogP contribution >= 0.6 is 11.8 Å². The standard InChI is InChI=1S/C43H60N8O10S/c1-6-21(3)23(5)38-33(54)13-24-12-28-27-10-8-9-11-29(27)48-42(28)62-20-30(47-35(56)17-46-41(60)37(22(4)7-2)49-36(57)18-45-39(24)58)32(53)14-25(15-34(44)55)43(61)51-19-26(52)16-31(51)40(59)50-38/h8-11,21-26,30-31,37-38,48,52H,6-7,12-20H2,1-5H3,(H2,44,55)(H,45,58)(H,46,60)(H,47,56)(H,49,57)(H,50,59)/t21-,22-,23-,24+,25-,26+,30-,31?,37-,38-/m0/s1. The Morgan fingerprint density at radius 3 is 2.19 bits per heavy atom. The molecule has 1 unspecified atom stereocenters. The minimum atomic E-state index is -1.38. The van der Waals surface area contributed by atoms with Crippen molar-refractivity contribution in [2.24, 2.45) is 35.3 Å². The highest BCUT2D eigenvalue weighted by Crippen LogP contribution is 2.34. The highest BCUT2D eigenvalue weighted by Gasteiger charge is 2.44. The fourth-order valence-electron chi connectivity index (χ4n) is 8.39. The number of ketones is 2. The number of nitrogens with two attached hydrogens (primary N) is 1. The molecule has 0 saturated carbocycles. The third kappa shape index (κ3) is 11.6. The fourth-order valence-corrected chi connectivity index (χ4v) is 9.54. The second-order valence-corrected chi connectivity index (χ2v) is 18.0. The molecule has 2 bridgehead atoms. The van der Waals surface area contributed by atoms with Gasteiger partial charge in [0.05, 0.1) is 42.2 Å². The number of hydrogen-bond acceptors (Lipinski definition) is 11. The topological polar surface area (TPSA) is 279 Å². The number of nitrogens with zero attached hydrogens (tertiary/aromatic N) is 1. The number of para-hydroxylation sites is 1. The second-order valence-electron chi connectivity index (χ2n) is 17.0. The molecule has 0 spiro atoms. The number of rotatable bonds is 7. The number of thioether (sulfide) groups is 1. The van der Waals surface area contributed by atoms with Crippen LogP contribution in [0.15, 0.2) is 29.3 Å². The maximum Gasteiger partial charge on any atom is 0.243 e. The predicted molar refractivity (Wildman–Crippen MR) is 229 cm³/mol. The number of amides is 7. The van der Waals surface area contributed by atoms with Crippen molar-refractivity contribution in [3.05, 3.63) is 29.8 Å². The molecule has 0 radical (unpaired) electrons. The molecular formula is C43H60N8O10S. The molecule has 4 heterocycles. The van der Waals surface area contributed by atoms with Crippen LogP contribution in [0.25, 0.3) is 10.9 Å². The van der Waals surface area contributed by atoms with Crippen LogP contribution in [-0.2, 0) is 49.6 Å². The molecular weight excluding hydrogens is 821 g/mol. The zero-order valence-corrected chi connectivity index (χ0v) is 36.7. The first-order valence-electron chi connectivity index (χ1n) is 21.4. The third-order valence-electron chi connectivity index (χ3n) is 12.6. The van der Waals surface area contributed by atoms with E-state index >= 15 is 0 Å². The molecule has 3 aliphatic heterocycles. The van der Waals surface area contributed by atoms with E-state index in [4.69, 9.17) is 5.73 Å². The van der Waals surface area contributed by atoms with Crippen molar-refractivity contribution in [2.45, 2.75) is 115 Å². The van der Waals surface area contributed by atoms with E-state index in [2.05, 4.69) is 31.6 Å². The summed E-state index contributed by atoms with van der Waals surface area (Å²) in [5, 5.41) is 25.4. The summed E-state index contributed by atoms with van der Waals surface area (Å²) >= 11 is 1.15. The molecule has 7 amide bonds. The van der Waals surface area contributed by atoms with Gasteiger partial charge in [0.15, 0.2) is 11.6 Å². The molecule has 62 heavy (non-hydrogen) atoms. The van der Waals surface area contributed by atoms with Crippen LogP contribution in [0.5, 0.6) is 0 Å². The van der Waals surface area contributed by atoms with Crippen LogP contribution in [0.4, 0.5) is 0 Å². The molecule has 18 nitrogen and oxygen atoms in total. The van der Waals surface area contributed by atoms with Gasteiger partial charge >= 0.3 is 0 Å². The lowest BCUT2D eigenvalue weighted by Gasteiger charge is -2.33. The summed E-state index contributed by atoms with van der Waals surface area (Å²) in [5.74, 6) is -9.83. The fraction of sp³-hybridized carbons (Fsp3) is 0.605. The van der Waals surface area contributed by atoms with Crippen LogP contribution in [0.3, 0.4) is 0 Å². The van der Waals surface area contributed by atoms with Gasteiger partial charge in [0.2, 0.25) is 41.4 Å². The number of benzene rings is 1. The number of primary amides is 1. The van der Waals surface area contributed by atoms with Gasteiger partial charge in [0.1, 0.15) is 12.1 Å². The predicted octanol–water partition coefficient (Wildman–Crippen LogP) is 0.233. The zero-order valence-electron chi connectivity index (χ0n) is 35.9. The Hall–Kier alpha value is -5.30.